The van der Waals surface area contributed by atoms with E-state index in [0.717, 1.165) is 32.6 Å². The third-order valence-corrected chi connectivity index (χ3v) is 5.71. The summed E-state index contributed by atoms with van der Waals surface area (Å²) in [4.78, 5) is 16.7. The van der Waals surface area contributed by atoms with Gasteiger partial charge in [0.05, 0.1) is 12.1 Å². The SMILES string of the molecule is Cc1ccccc1NC(=O)Cc1csc(SCc2ccc(F)cc2)n1. The topological polar surface area (TPSA) is 42.0 Å². The molecule has 1 heterocycles. The number of nitrogens with zero attached hydrogens (tertiary/aromatic N) is 1. The molecule has 6 heteroatoms. The largest absolute Gasteiger partial charge is 0.326 e. The number of nitrogens with one attached hydrogen (secondary N) is 1. The monoisotopic (exact) mass is 372 g/mol. The summed E-state index contributed by atoms with van der Waals surface area (Å²) >= 11 is 3.11. The molecule has 0 fully saturated rings. The first kappa shape index (κ1) is 17.6. The first-order valence-corrected chi connectivity index (χ1v) is 9.64. The van der Waals surface area contributed by atoms with Gasteiger partial charge < -0.3 is 5.32 Å². The van der Waals surface area contributed by atoms with Crippen LogP contribution in [-0.4, -0.2) is 10.9 Å². The molecule has 128 valence electrons. The minimum Gasteiger partial charge on any atom is -0.326 e. The van der Waals surface area contributed by atoms with E-state index in [0.29, 0.717) is 0 Å². The molecule has 1 aromatic heterocycles. The molecule has 0 atom stereocenters. The molecule has 3 rings (SSSR count). The fourth-order valence-electron chi connectivity index (χ4n) is 2.23. The first-order valence-electron chi connectivity index (χ1n) is 7.77. The summed E-state index contributed by atoms with van der Waals surface area (Å²) in [5.74, 6) is 0.419. The minimum absolute atomic E-state index is 0.0744. The van der Waals surface area contributed by atoms with Crippen molar-refractivity contribution in [2.45, 2.75) is 23.4 Å². The Balaban J connectivity index is 1.53. The molecule has 3 aromatic rings. The predicted octanol–water partition coefficient (Wildman–Crippen LogP) is 5.06. The third-order valence-electron chi connectivity index (χ3n) is 3.57. The lowest BCUT2D eigenvalue weighted by Gasteiger charge is -2.06. The van der Waals surface area contributed by atoms with Crippen LogP contribution in [0.3, 0.4) is 0 Å². The van der Waals surface area contributed by atoms with Crippen molar-refractivity contribution in [3.8, 4) is 0 Å². The van der Waals surface area contributed by atoms with Crippen LogP contribution in [0.2, 0.25) is 0 Å². The smallest absolute Gasteiger partial charge is 0.230 e. The molecule has 0 unspecified atom stereocenters. The highest BCUT2D eigenvalue weighted by atomic mass is 32.2. The molecule has 0 spiro atoms. The molecule has 0 bridgehead atoms. The highest BCUT2D eigenvalue weighted by Gasteiger charge is 2.09. The lowest BCUT2D eigenvalue weighted by molar-refractivity contribution is -0.115. The van der Waals surface area contributed by atoms with E-state index in [4.69, 9.17) is 0 Å². The Bertz CT molecular complexity index is 862. The standard InChI is InChI=1S/C19H17FN2OS2/c1-13-4-2-3-5-17(13)22-18(23)10-16-12-25-19(21-16)24-11-14-6-8-15(20)9-7-14/h2-9,12H,10-11H2,1H3,(H,22,23). The Kier molecular flexibility index (Phi) is 5.83. The molecule has 25 heavy (non-hydrogen) atoms. The molecule has 0 aliphatic heterocycles. The Morgan fingerprint density at radius 2 is 1.96 bits per heavy atom. The molecule has 0 saturated carbocycles. The first-order chi connectivity index (χ1) is 12.1. The van der Waals surface area contributed by atoms with Crippen molar-refractivity contribution in [3.05, 3.63) is 76.5 Å². The van der Waals surface area contributed by atoms with Gasteiger partial charge in [0, 0.05) is 16.8 Å². The van der Waals surface area contributed by atoms with Gasteiger partial charge in [-0.2, -0.15) is 0 Å². The van der Waals surface area contributed by atoms with E-state index >= 15 is 0 Å². The van der Waals surface area contributed by atoms with Crippen molar-refractivity contribution in [2.24, 2.45) is 0 Å². The van der Waals surface area contributed by atoms with Crippen molar-refractivity contribution in [1.29, 1.82) is 0 Å². The zero-order valence-electron chi connectivity index (χ0n) is 13.7. The van der Waals surface area contributed by atoms with E-state index in [1.165, 1.54) is 23.5 Å². The van der Waals surface area contributed by atoms with Crippen LogP contribution in [0.1, 0.15) is 16.8 Å². The predicted molar refractivity (Wildman–Crippen MR) is 102 cm³/mol. The number of anilines is 1. The van der Waals surface area contributed by atoms with Gasteiger partial charge in [0.25, 0.3) is 0 Å². The molecule has 1 N–H and O–H groups in total. The van der Waals surface area contributed by atoms with Crippen molar-refractivity contribution < 1.29 is 9.18 Å². The number of carbonyl (C=O) groups is 1. The normalized spacial score (nSPS) is 10.6. The number of para-hydroxylation sites is 1. The van der Waals surface area contributed by atoms with E-state index in [-0.39, 0.29) is 18.1 Å². The Morgan fingerprint density at radius 3 is 2.72 bits per heavy atom. The van der Waals surface area contributed by atoms with Crippen molar-refractivity contribution >= 4 is 34.7 Å². The molecule has 1 amide bonds. The number of amides is 1. The van der Waals surface area contributed by atoms with Gasteiger partial charge in [0.2, 0.25) is 5.91 Å². The molecule has 0 saturated heterocycles. The third kappa shape index (κ3) is 5.14. The molecule has 0 aliphatic carbocycles. The van der Waals surface area contributed by atoms with Crippen LogP contribution in [0.4, 0.5) is 10.1 Å². The van der Waals surface area contributed by atoms with Gasteiger partial charge in [-0.15, -0.1) is 11.3 Å². The summed E-state index contributed by atoms with van der Waals surface area (Å²) in [5, 5.41) is 4.82. The summed E-state index contributed by atoms with van der Waals surface area (Å²) in [5.41, 5.74) is 3.66. The van der Waals surface area contributed by atoms with Crippen molar-refractivity contribution in [2.75, 3.05) is 5.32 Å². The second-order valence-corrected chi connectivity index (χ2v) is 7.64. The van der Waals surface area contributed by atoms with Crippen LogP contribution in [0.5, 0.6) is 0 Å². The number of aromatic nitrogens is 1. The summed E-state index contributed by atoms with van der Waals surface area (Å²) in [6.45, 7) is 1.96. The van der Waals surface area contributed by atoms with Crippen LogP contribution >= 0.6 is 23.1 Å². The molecular formula is C19H17FN2OS2. The highest BCUT2D eigenvalue weighted by molar-refractivity contribution is 8.00. The van der Waals surface area contributed by atoms with Gasteiger partial charge in [-0.1, -0.05) is 42.1 Å². The number of aryl methyl sites for hydroxylation is 1. The maximum Gasteiger partial charge on any atom is 0.230 e. The van der Waals surface area contributed by atoms with E-state index in [2.05, 4.69) is 10.3 Å². The second-order valence-electron chi connectivity index (χ2n) is 5.56. The summed E-state index contributed by atoms with van der Waals surface area (Å²) in [6, 6.07) is 14.1. The van der Waals surface area contributed by atoms with Crippen LogP contribution in [-0.2, 0) is 17.0 Å². The average molecular weight is 372 g/mol. The maximum absolute atomic E-state index is 12.9. The molecule has 0 radical (unpaired) electrons. The van der Waals surface area contributed by atoms with E-state index in [1.54, 1.807) is 23.9 Å². The Morgan fingerprint density at radius 1 is 1.20 bits per heavy atom. The van der Waals surface area contributed by atoms with Crippen molar-refractivity contribution in [3.63, 3.8) is 0 Å². The van der Waals surface area contributed by atoms with Gasteiger partial charge in [0.15, 0.2) is 0 Å². The zero-order chi connectivity index (χ0) is 17.6. The second kappa shape index (κ2) is 8.27. The molecule has 2 aromatic carbocycles. The fraction of sp³-hybridized carbons (Fsp3) is 0.158. The zero-order valence-corrected chi connectivity index (χ0v) is 15.3. The van der Waals surface area contributed by atoms with Crippen LogP contribution in [0, 0.1) is 12.7 Å². The number of thiazole rings is 1. The lowest BCUT2D eigenvalue weighted by Crippen LogP contribution is -2.15. The van der Waals surface area contributed by atoms with Crippen LogP contribution < -0.4 is 5.32 Å². The lowest BCUT2D eigenvalue weighted by atomic mass is 10.2. The number of benzene rings is 2. The van der Waals surface area contributed by atoms with Crippen LogP contribution in [0.25, 0.3) is 0 Å². The number of hydrogen-bond acceptors (Lipinski definition) is 4. The molecule has 3 nitrogen and oxygen atoms in total. The number of rotatable bonds is 6. The highest BCUT2D eigenvalue weighted by Crippen LogP contribution is 2.26. The maximum atomic E-state index is 12.9. The summed E-state index contributed by atoms with van der Waals surface area (Å²) in [6.07, 6.45) is 0.252. The quantitative estimate of drug-likeness (QED) is 0.615. The Labute approximate surface area is 154 Å². The summed E-state index contributed by atoms with van der Waals surface area (Å²) < 4.78 is 13.8. The molecule has 0 aliphatic rings. The number of hydrogen-bond donors (Lipinski definition) is 1. The van der Waals surface area contributed by atoms with Gasteiger partial charge in [0.1, 0.15) is 10.2 Å². The summed E-state index contributed by atoms with van der Waals surface area (Å²) in [7, 11) is 0. The van der Waals surface area contributed by atoms with Crippen LogP contribution in [0.15, 0.2) is 58.3 Å². The van der Waals surface area contributed by atoms with E-state index < -0.39 is 0 Å². The fourth-order valence-corrected chi connectivity index (χ4v) is 4.03. The Hall–Kier alpha value is -2.18. The number of thioether (sulfide) groups is 1. The number of halogens is 1. The van der Waals surface area contributed by atoms with Crippen molar-refractivity contribution in [1.82, 2.24) is 4.98 Å². The van der Waals surface area contributed by atoms with Gasteiger partial charge in [-0.05, 0) is 36.2 Å². The van der Waals surface area contributed by atoms with Gasteiger partial charge >= 0.3 is 0 Å². The van der Waals surface area contributed by atoms with E-state index in [1.807, 2.05) is 36.6 Å². The van der Waals surface area contributed by atoms with Gasteiger partial charge in [-0.25, -0.2) is 9.37 Å². The average Bonchev–Trinajstić information content (AvgIpc) is 3.04. The molecular weight excluding hydrogens is 355 g/mol. The number of carbonyl (C=O) groups excluding carboxylic acids is 1. The minimum atomic E-state index is -0.232. The van der Waals surface area contributed by atoms with E-state index in [9.17, 15) is 9.18 Å². The van der Waals surface area contributed by atoms with Gasteiger partial charge in [-0.3, -0.25) is 4.79 Å².